The van der Waals surface area contributed by atoms with Crippen LogP contribution in [0.5, 0.6) is 0 Å². The topological polar surface area (TPSA) is 77.7 Å². The highest BCUT2D eigenvalue weighted by Gasteiger charge is 2.35. The van der Waals surface area contributed by atoms with E-state index in [1.54, 1.807) is 6.20 Å². The fraction of sp³-hybridized carbons (Fsp3) is 0.471. The molecule has 3 aliphatic rings. The zero-order valence-corrected chi connectivity index (χ0v) is 14.3. The summed E-state index contributed by atoms with van der Waals surface area (Å²) in [6.07, 6.45) is 5.49. The minimum atomic E-state index is -0.0185. The van der Waals surface area contributed by atoms with Crippen molar-refractivity contribution < 1.29 is 0 Å². The Balaban J connectivity index is 1.60. The largest absolute Gasteiger partial charge is 0.308 e. The molecule has 0 radical (unpaired) electrons. The molecule has 6 rings (SSSR count). The Labute approximate surface area is 142 Å². The van der Waals surface area contributed by atoms with E-state index in [1.165, 1.54) is 24.2 Å². The van der Waals surface area contributed by atoms with Crippen LogP contribution < -0.4 is 5.56 Å². The van der Waals surface area contributed by atoms with Gasteiger partial charge in [0.05, 0.1) is 17.8 Å². The number of aromatic amines is 2. The lowest BCUT2D eigenvalue weighted by molar-refractivity contribution is 0.0445. The van der Waals surface area contributed by atoms with Crippen molar-refractivity contribution in [3.63, 3.8) is 0 Å². The predicted octanol–water partition coefficient (Wildman–Crippen LogP) is 2.84. The summed E-state index contributed by atoms with van der Waals surface area (Å²) in [4.78, 5) is 24.0. The van der Waals surface area contributed by atoms with Gasteiger partial charge in [0.15, 0.2) is 0 Å². The number of piperidine rings is 3. The van der Waals surface area contributed by atoms with Crippen molar-refractivity contribution in [1.82, 2.24) is 25.1 Å². The third-order valence-corrected chi connectivity index (χ3v) is 6.62. The molecule has 24 heavy (non-hydrogen) atoms. The number of rotatable bonds is 2. The van der Waals surface area contributed by atoms with E-state index in [2.05, 4.69) is 20.1 Å². The number of nitrogens with one attached hydrogen (secondary N) is 2. The van der Waals surface area contributed by atoms with Gasteiger partial charge in [0.25, 0.3) is 5.56 Å². The second-order valence-electron chi connectivity index (χ2n) is 6.92. The maximum Gasteiger partial charge on any atom is 0.268 e. The molecule has 0 saturated carbocycles. The van der Waals surface area contributed by atoms with Crippen LogP contribution in [0, 0.1) is 12.8 Å². The van der Waals surface area contributed by atoms with Gasteiger partial charge in [-0.15, -0.1) is 11.3 Å². The quantitative estimate of drug-likeness (QED) is 0.751. The van der Waals surface area contributed by atoms with E-state index < -0.39 is 0 Å². The lowest BCUT2D eigenvalue weighted by Crippen LogP contribution is -2.44. The van der Waals surface area contributed by atoms with E-state index in [0.29, 0.717) is 4.70 Å². The van der Waals surface area contributed by atoms with Crippen LogP contribution >= 0.6 is 11.3 Å². The van der Waals surface area contributed by atoms with Crippen molar-refractivity contribution in [1.29, 1.82) is 0 Å². The Hall–Kier alpha value is -1.99. The molecule has 3 aromatic rings. The summed E-state index contributed by atoms with van der Waals surface area (Å²) < 4.78 is 0.699. The minimum absolute atomic E-state index is 0.0185. The summed E-state index contributed by atoms with van der Waals surface area (Å²) in [7, 11) is 0. The zero-order chi connectivity index (χ0) is 16.3. The monoisotopic (exact) mass is 341 g/mol. The third kappa shape index (κ3) is 2.15. The van der Waals surface area contributed by atoms with E-state index in [0.717, 1.165) is 52.9 Å². The van der Waals surface area contributed by atoms with Gasteiger partial charge < -0.3 is 4.98 Å². The number of aryl methyl sites for hydroxylation is 1. The normalized spacial score (nSPS) is 26.3. The van der Waals surface area contributed by atoms with Gasteiger partial charge in [-0.3, -0.25) is 14.8 Å². The molecule has 0 amide bonds. The minimum Gasteiger partial charge on any atom is -0.308 e. The maximum absolute atomic E-state index is 12.6. The van der Waals surface area contributed by atoms with Crippen LogP contribution in [0.4, 0.5) is 0 Å². The Kier molecular flexibility index (Phi) is 3.14. The summed E-state index contributed by atoms with van der Waals surface area (Å²) in [5.41, 5.74) is 2.83. The molecule has 0 aromatic carbocycles. The SMILES string of the molecule is Cc1[nH]ncc1-c1cc2nc(C3CC4CCN3CC4)[nH]c(=O)c2s1. The number of fused-ring (bicyclic) bond motifs is 4. The van der Waals surface area contributed by atoms with Crippen LogP contribution in [-0.4, -0.2) is 38.2 Å². The first-order chi connectivity index (χ1) is 11.7. The third-order valence-electron chi connectivity index (χ3n) is 5.46. The number of H-pyrrole nitrogens is 2. The van der Waals surface area contributed by atoms with Crippen LogP contribution in [0.2, 0.25) is 0 Å². The Bertz CT molecular complexity index is 963. The highest BCUT2D eigenvalue weighted by atomic mass is 32.1. The van der Waals surface area contributed by atoms with Crippen molar-refractivity contribution >= 4 is 21.6 Å². The molecule has 6 nitrogen and oxygen atoms in total. The second kappa shape index (κ2) is 5.26. The average Bonchev–Trinajstić information content (AvgIpc) is 3.21. The molecule has 124 valence electrons. The van der Waals surface area contributed by atoms with E-state index in [1.807, 2.05) is 13.0 Å². The fourth-order valence-electron chi connectivity index (χ4n) is 4.10. The van der Waals surface area contributed by atoms with Crippen molar-refractivity contribution in [2.45, 2.75) is 32.2 Å². The Morgan fingerprint density at radius 1 is 1.33 bits per heavy atom. The van der Waals surface area contributed by atoms with Gasteiger partial charge in [-0.05, 0) is 51.3 Å². The predicted molar refractivity (Wildman–Crippen MR) is 94.2 cm³/mol. The van der Waals surface area contributed by atoms with Crippen molar-refractivity contribution in [3.8, 4) is 10.4 Å². The summed E-state index contributed by atoms with van der Waals surface area (Å²) >= 11 is 1.49. The van der Waals surface area contributed by atoms with Gasteiger partial charge in [0.2, 0.25) is 0 Å². The van der Waals surface area contributed by atoms with Crippen LogP contribution in [-0.2, 0) is 0 Å². The highest BCUT2D eigenvalue weighted by molar-refractivity contribution is 7.22. The molecule has 6 heterocycles. The summed E-state index contributed by atoms with van der Waals surface area (Å²) in [5, 5.41) is 7.03. The number of aromatic nitrogens is 4. The lowest BCUT2D eigenvalue weighted by Gasteiger charge is -2.44. The molecule has 0 aliphatic carbocycles. The van der Waals surface area contributed by atoms with Crippen molar-refractivity contribution in [3.05, 3.63) is 34.1 Å². The van der Waals surface area contributed by atoms with Crippen LogP contribution in [0.3, 0.4) is 0 Å². The molecule has 7 heteroatoms. The molecule has 3 fully saturated rings. The Morgan fingerprint density at radius 3 is 2.83 bits per heavy atom. The first-order valence-electron chi connectivity index (χ1n) is 8.47. The number of thiophene rings is 1. The second-order valence-corrected chi connectivity index (χ2v) is 7.97. The van der Waals surface area contributed by atoms with Gasteiger partial charge in [-0.1, -0.05) is 0 Å². The maximum atomic E-state index is 12.6. The smallest absolute Gasteiger partial charge is 0.268 e. The van der Waals surface area contributed by atoms with Gasteiger partial charge in [0.1, 0.15) is 10.5 Å². The van der Waals surface area contributed by atoms with E-state index in [4.69, 9.17) is 4.98 Å². The molecule has 2 N–H and O–H groups in total. The van der Waals surface area contributed by atoms with Crippen molar-refractivity contribution in [2.75, 3.05) is 13.1 Å². The van der Waals surface area contributed by atoms with Crippen LogP contribution in [0.1, 0.15) is 36.8 Å². The number of hydrogen-bond acceptors (Lipinski definition) is 5. The van der Waals surface area contributed by atoms with E-state index in [-0.39, 0.29) is 11.6 Å². The molecular formula is C17H19N5OS. The average molecular weight is 341 g/mol. The van der Waals surface area contributed by atoms with Gasteiger partial charge >= 0.3 is 0 Å². The molecule has 1 unspecified atom stereocenters. The van der Waals surface area contributed by atoms with Crippen LogP contribution in [0.25, 0.3) is 20.7 Å². The standard InChI is InChI=1S/C17H19N5OS/c1-9-11(8-18-21-9)14-7-12-15(24-14)17(23)20-16(19-12)13-6-10-2-4-22(13)5-3-10/h7-8,10,13H,2-6H2,1H3,(H,18,21)(H,19,20,23). The summed E-state index contributed by atoms with van der Waals surface area (Å²) in [6.45, 7) is 4.24. The molecule has 2 bridgehead atoms. The van der Waals surface area contributed by atoms with Gasteiger partial charge in [-0.25, -0.2) is 4.98 Å². The first-order valence-corrected chi connectivity index (χ1v) is 9.29. The molecule has 1 atom stereocenters. The number of nitrogens with zero attached hydrogens (tertiary/aromatic N) is 3. The molecule has 3 aromatic heterocycles. The zero-order valence-electron chi connectivity index (χ0n) is 13.5. The van der Waals surface area contributed by atoms with Crippen LogP contribution in [0.15, 0.2) is 17.1 Å². The van der Waals surface area contributed by atoms with Gasteiger partial charge in [-0.2, -0.15) is 5.10 Å². The summed E-state index contributed by atoms with van der Waals surface area (Å²) in [5.74, 6) is 1.62. The first kappa shape index (κ1) is 14.4. The van der Waals surface area contributed by atoms with Crippen molar-refractivity contribution in [2.24, 2.45) is 5.92 Å². The molecular weight excluding hydrogens is 322 g/mol. The van der Waals surface area contributed by atoms with E-state index >= 15 is 0 Å². The molecule has 0 spiro atoms. The van der Waals surface area contributed by atoms with E-state index in [9.17, 15) is 4.79 Å². The highest BCUT2D eigenvalue weighted by Crippen LogP contribution is 2.40. The Morgan fingerprint density at radius 2 is 2.17 bits per heavy atom. The lowest BCUT2D eigenvalue weighted by atomic mass is 9.83. The fourth-order valence-corrected chi connectivity index (χ4v) is 5.16. The van der Waals surface area contributed by atoms with Gasteiger partial charge in [0, 0.05) is 16.1 Å². The summed E-state index contributed by atoms with van der Waals surface area (Å²) in [6, 6.07) is 2.29. The molecule has 3 saturated heterocycles. The molecule has 3 aliphatic heterocycles. The number of hydrogen-bond donors (Lipinski definition) is 2.